The van der Waals surface area contributed by atoms with E-state index < -0.39 is 0 Å². The summed E-state index contributed by atoms with van der Waals surface area (Å²) in [6.45, 7) is 6.92. The van der Waals surface area contributed by atoms with Crippen molar-refractivity contribution in [2.75, 3.05) is 13.2 Å². The van der Waals surface area contributed by atoms with Crippen LogP contribution in [0.5, 0.6) is 11.5 Å². The Labute approximate surface area is 103 Å². The van der Waals surface area contributed by atoms with E-state index in [4.69, 9.17) is 9.47 Å². The molecule has 3 nitrogen and oxygen atoms in total. The zero-order valence-electron chi connectivity index (χ0n) is 10.3. The van der Waals surface area contributed by atoms with Gasteiger partial charge in [-0.25, -0.2) is 0 Å². The molecule has 1 aromatic carbocycles. The third-order valence-corrected chi connectivity index (χ3v) is 2.26. The Kier molecular flexibility index (Phi) is 6.18. The van der Waals surface area contributed by atoms with Crippen LogP contribution in [-0.4, -0.2) is 18.3 Å². The summed E-state index contributed by atoms with van der Waals surface area (Å²) in [7, 11) is 0. The van der Waals surface area contributed by atoms with Gasteiger partial charge in [0.15, 0.2) is 0 Å². The Morgan fingerprint density at radius 3 is 2.76 bits per heavy atom. The fourth-order valence-corrected chi connectivity index (χ4v) is 1.36. The van der Waals surface area contributed by atoms with Gasteiger partial charge >= 0.3 is 0 Å². The minimum absolute atomic E-state index is 0.0303. The summed E-state index contributed by atoms with van der Waals surface area (Å²) >= 11 is 0. The molecule has 0 fully saturated rings. The highest BCUT2D eigenvalue weighted by Gasteiger charge is 2.05. The second kappa shape index (κ2) is 7.74. The number of aliphatic hydroxyl groups is 1. The van der Waals surface area contributed by atoms with Crippen molar-refractivity contribution in [1.82, 2.24) is 0 Å². The number of aliphatic hydroxyl groups excluding tert-OH is 1. The van der Waals surface area contributed by atoms with Crippen molar-refractivity contribution in [2.24, 2.45) is 0 Å². The van der Waals surface area contributed by atoms with Crippen molar-refractivity contribution < 1.29 is 14.6 Å². The standard InChI is InChI=1S/C14H20O3/c1-3-5-9-17-14-10-13(16-8-4-2)7-6-12(14)11-15/h3,6-7,10,15H,1,4-5,8-9,11H2,2H3. The highest BCUT2D eigenvalue weighted by atomic mass is 16.5. The molecule has 0 aliphatic heterocycles. The molecule has 17 heavy (non-hydrogen) atoms. The third kappa shape index (κ3) is 4.49. The second-order valence-electron chi connectivity index (χ2n) is 3.70. The fourth-order valence-electron chi connectivity index (χ4n) is 1.36. The highest BCUT2D eigenvalue weighted by molar-refractivity contribution is 5.40. The van der Waals surface area contributed by atoms with Gasteiger partial charge in [0, 0.05) is 11.6 Å². The molecule has 0 saturated heterocycles. The SMILES string of the molecule is C=CCCOc1cc(OCCC)ccc1CO. The molecular formula is C14H20O3. The molecule has 0 heterocycles. The van der Waals surface area contributed by atoms with Crippen molar-refractivity contribution in [3.8, 4) is 11.5 Å². The van der Waals surface area contributed by atoms with Gasteiger partial charge in [-0.2, -0.15) is 0 Å². The van der Waals surface area contributed by atoms with Gasteiger partial charge in [-0.15, -0.1) is 6.58 Å². The lowest BCUT2D eigenvalue weighted by Gasteiger charge is -2.12. The molecule has 0 spiro atoms. The average Bonchev–Trinajstić information content (AvgIpc) is 2.37. The highest BCUT2D eigenvalue weighted by Crippen LogP contribution is 2.25. The van der Waals surface area contributed by atoms with Gasteiger partial charge < -0.3 is 14.6 Å². The van der Waals surface area contributed by atoms with Gasteiger partial charge in [-0.3, -0.25) is 0 Å². The van der Waals surface area contributed by atoms with E-state index in [0.29, 0.717) is 19.0 Å². The number of ether oxygens (including phenoxy) is 2. The molecule has 3 heteroatoms. The normalized spacial score (nSPS) is 10.0. The fraction of sp³-hybridized carbons (Fsp3) is 0.429. The minimum atomic E-state index is -0.0303. The van der Waals surface area contributed by atoms with E-state index in [-0.39, 0.29) is 6.61 Å². The maximum atomic E-state index is 9.20. The van der Waals surface area contributed by atoms with E-state index in [1.54, 1.807) is 6.08 Å². The molecule has 0 aliphatic rings. The largest absolute Gasteiger partial charge is 0.493 e. The van der Waals surface area contributed by atoms with Gasteiger partial charge in [0.1, 0.15) is 11.5 Å². The van der Waals surface area contributed by atoms with Crippen LogP contribution in [0.15, 0.2) is 30.9 Å². The van der Waals surface area contributed by atoms with Crippen molar-refractivity contribution in [3.05, 3.63) is 36.4 Å². The van der Waals surface area contributed by atoms with Gasteiger partial charge in [0.05, 0.1) is 19.8 Å². The van der Waals surface area contributed by atoms with E-state index in [2.05, 4.69) is 13.5 Å². The number of rotatable bonds is 8. The first-order valence-electron chi connectivity index (χ1n) is 5.92. The monoisotopic (exact) mass is 236 g/mol. The maximum absolute atomic E-state index is 9.20. The molecule has 0 bridgehead atoms. The molecule has 0 unspecified atom stereocenters. The smallest absolute Gasteiger partial charge is 0.128 e. The lowest BCUT2D eigenvalue weighted by molar-refractivity contribution is 0.262. The predicted octanol–water partition coefficient (Wildman–Crippen LogP) is 2.92. The minimum Gasteiger partial charge on any atom is -0.493 e. The van der Waals surface area contributed by atoms with Crippen LogP contribution < -0.4 is 9.47 Å². The molecule has 0 radical (unpaired) electrons. The Morgan fingerprint density at radius 1 is 1.29 bits per heavy atom. The number of benzene rings is 1. The summed E-state index contributed by atoms with van der Waals surface area (Å²) in [4.78, 5) is 0. The van der Waals surface area contributed by atoms with Crippen LogP contribution >= 0.6 is 0 Å². The Morgan fingerprint density at radius 2 is 2.12 bits per heavy atom. The molecule has 0 atom stereocenters. The lowest BCUT2D eigenvalue weighted by Crippen LogP contribution is -2.01. The zero-order valence-corrected chi connectivity index (χ0v) is 10.3. The van der Waals surface area contributed by atoms with E-state index in [0.717, 1.165) is 24.2 Å². The summed E-state index contributed by atoms with van der Waals surface area (Å²) in [5.41, 5.74) is 0.776. The number of hydrogen-bond donors (Lipinski definition) is 1. The topological polar surface area (TPSA) is 38.7 Å². The van der Waals surface area contributed by atoms with Gasteiger partial charge in [-0.05, 0) is 25.0 Å². The van der Waals surface area contributed by atoms with Crippen LogP contribution in [-0.2, 0) is 6.61 Å². The molecule has 0 aromatic heterocycles. The molecule has 94 valence electrons. The molecular weight excluding hydrogens is 216 g/mol. The van der Waals surface area contributed by atoms with Crippen molar-refractivity contribution in [2.45, 2.75) is 26.4 Å². The molecule has 0 aliphatic carbocycles. The number of hydrogen-bond acceptors (Lipinski definition) is 3. The van der Waals surface area contributed by atoms with E-state index in [9.17, 15) is 5.11 Å². The first-order chi connectivity index (χ1) is 8.31. The van der Waals surface area contributed by atoms with E-state index in [1.165, 1.54) is 0 Å². The third-order valence-electron chi connectivity index (χ3n) is 2.26. The van der Waals surface area contributed by atoms with Crippen LogP contribution in [0.1, 0.15) is 25.3 Å². The van der Waals surface area contributed by atoms with Crippen molar-refractivity contribution >= 4 is 0 Å². The molecule has 1 N–H and O–H groups in total. The maximum Gasteiger partial charge on any atom is 0.128 e. The molecule has 1 aromatic rings. The van der Waals surface area contributed by atoms with Crippen LogP contribution in [0, 0.1) is 0 Å². The van der Waals surface area contributed by atoms with E-state index in [1.807, 2.05) is 18.2 Å². The zero-order chi connectivity index (χ0) is 12.5. The summed E-state index contributed by atoms with van der Waals surface area (Å²) in [6.07, 6.45) is 3.55. The van der Waals surface area contributed by atoms with Gasteiger partial charge in [0.2, 0.25) is 0 Å². The van der Waals surface area contributed by atoms with Crippen molar-refractivity contribution in [1.29, 1.82) is 0 Å². The summed E-state index contributed by atoms with van der Waals surface area (Å²) in [5.74, 6) is 1.46. The Balaban J connectivity index is 2.71. The van der Waals surface area contributed by atoms with E-state index >= 15 is 0 Å². The summed E-state index contributed by atoms with van der Waals surface area (Å²) in [5, 5.41) is 9.20. The average molecular weight is 236 g/mol. The van der Waals surface area contributed by atoms with Gasteiger partial charge in [-0.1, -0.05) is 13.0 Å². The Bertz CT molecular complexity index is 347. The van der Waals surface area contributed by atoms with Crippen LogP contribution in [0.2, 0.25) is 0 Å². The van der Waals surface area contributed by atoms with Crippen LogP contribution in [0.25, 0.3) is 0 Å². The first-order valence-corrected chi connectivity index (χ1v) is 5.92. The van der Waals surface area contributed by atoms with Gasteiger partial charge in [0.25, 0.3) is 0 Å². The van der Waals surface area contributed by atoms with Crippen molar-refractivity contribution in [3.63, 3.8) is 0 Å². The quantitative estimate of drug-likeness (QED) is 0.557. The Hall–Kier alpha value is -1.48. The summed E-state index contributed by atoms with van der Waals surface area (Å²) in [6, 6.07) is 5.50. The van der Waals surface area contributed by atoms with Crippen LogP contribution in [0.4, 0.5) is 0 Å². The molecule has 0 saturated carbocycles. The second-order valence-corrected chi connectivity index (χ2v) is 3.70. The molecule has 1 rings (SSSR count). The lowest BCUT2D eigenvalue weighted by atomic mass is 10.2. The first kappa shape index (κ1) is 13.6. The van der Waals surface area contributed by atoms with Crippen LogP contribution in [0.3, 0.4) is 0 Å². The predicted molar refractivity (Wildman–Crippen MR) is 68.5 cm³/mol. The summed E-state index contributed by atoms with van der Waals surface area (Å²) < 4.78 is 11.1. The molecule has 0 amide bonds.